The van der Waals surface area contributed by atoms with Crippen molar-refractivity contribution in [3.63, 3.8) is 0 Å². The van der Waals surface area contributed by atoms with Gasteiger partial charge in [-0.3, -0.25) is 13.9 Å². The van der Waals surface area contributed by atoms with E-state index in [1.807, 2.05) is 50.2 Å². The smallest absolute Gasteiger partial charge is 0.244 e. The molecule has 0 heterocycles. The molecule has 196 valence electrons. The second-order valence-electron chi connectivity index (χ2n) is 8.86. The van der Waals surface area contributed by atoms with E-state index in [4.69, 9.17) is 11.6 Å². The van der Waals surface area contributed by atoms with Crippen molar-refractivity contribution in [2.75, 3.05) is 23.7 Å². The lowest BCUT2D eigenvalue weighted by molar-refractivity contribution is -0.140. The average Bonchev–Trinajstić information content (AvgIpc) is 2.85. The van der Waals surface area contributed by atoms with Crippen LogP contribution in [-0.2, 0) is 32.6 Å². The highest BCUT2D eigenvalue weighted by molar-refractivity contribution is 7.92. The van der Waals surface area contributed by atoms with Crippen molar-refractivity contribution in [2.45, 2.75) is 32.9 Å². The zero-order valence-corrected chi connectivity index (χ0v) is 22.8. The number of aryl methyl sites for hydroxylation is 1. The van der Waals surface area contributed by atoms with E-state index in [1.165, 1.54) is 4.90 Å². The molecule has 0 saturated heterocycles. The number of rotatable bonds is 11. The average molecular weight is 542 g/mol. The maximum Gasteiger partial charge on any atom is 0.244 e. The van der Waals surface area contributed by atoms with Gasteiger partial charge in [0.2, 0.25) is 21.8 Å². The van der Waals surface area contributed by atoms with E-state index >= 15 is 0 Å². The molecule has 0 aliphatic carbocycles. The summed E-state index contributed by atoms with van der Waals surface area (Å²) in [5.74, 6) is -0.818. The molecular formula is C28H32ClN3O4S. The van der Waals surface area contributed by atoms with Crippen LogP contribution in [0, 0.1) is 6.92 Å². The Morgan fingerprint density at radius 1 is 0.946 bits per heavy atom. The number of amides is 2. The number of hydrogen-bond donors (Lipinski definition) is 1. The fourth-order valence-electron chi connectivity index (χ4n) is 4.00. The quantitative estimate of drug-likeness (QED) is 0.394. The van der Waals surface area contributed by atoms with Crippen molar-refractivity contribution in [1.29, 1.82) is 0 Å². The molecule has 0 saturated carbocycles. The number of anilines is 1. The molecule has 0 bridgehead atoms. The molecule has 2 amide bonds. The fraction of sp³-hybridized carbons (Fsp3) is 0.286. The van der Waals surface area contributed by atoms with Crippen LogP contribution >= 0.6 is 11.6 Å². The predicted molar refractivity (Wildman–Crippen MR) is 148 cm³/mol. The third-order valence-corrected chi connectivity index (χ3v) is 7.24. The second-order valence-corrected chi connectivity index (χ2v) is 11.2. The Morgan fingerprint density at radius 2 is 1.59 bits per heavy atom. The van der Waals surface area contributed by atoms with E-state index in [9.17, 15) is 18.0 Å². The van der Waals surface area contributed by atoms with Gasteiger partial charge in [0.15, 0.2) is 0 Å². The largest absolute Gasteiger partial charge is 0.355 e. The van der Waals surface area contributed by atoms with Crippen LogP contribution < -0.4 is 9.62 Å². The molecule has 1 N–H and O–H groups in total. The van der Waals surface area contributed by atoms with Crippen LogP contribution in [-0.4, -0.2) is 50.5 Å². The van der Waals surface area contributed by atoms with Crippen molar-refractivity contribution < 1.29 is 18.0 Å². The van der Waals surface area contributed by atoms with Crippen LogP contribution in [0.2, 0.25) is 5.02 Å². The van der Waals surface area contributed by atoms with Gasteiger partial charge in [0, 0.05) is 24.5 Å². The number of sulfonamides is 1. The number of benzene rings is 3. The number of nitrogens with zero attached hydrogens (tertiary/aromatic N) is 2. The Morgan fingerprint density at radius 3 is 2.19 bits per heavy atom. The highest BCUT2D eigenvalue weighted by atomic mass is 35.5. The molecule has 0 fully saturated rings. The van der Waals surface area contributed by atoms with Crippen molar-refractivity contribution in [3.05, 3.63) is 101 Å². The van der Waals surface area contributed by atoms with Crippen LogP contribution in [0.5, 0.6) is 0 Å². The lowest BCUT2D eigenvalue weighted by Gasteiger charge is -2.33. The second kappa shape index (κ2) is 12.7. The Labute approximate surface area is 224 Å². The van der Waals surface area contributed by atoms with Gasteiger partial charge in [-0.05, 0) is 49.2 Å². The van der Waals surface area contributed by atoms with Crippen LogP contribution in [0.4, 0.5) is 5.69 Å². The van der Waals surface area contributed by atoms with Crippen LogP contribution in [0.3, 0.4) is 0 Å². The molecule has 3 rings (SSSR count). The molecule has 3 aromatic carbocycles. The minimum Gasteiger partial charge on any atom is -0.355 e. The molecule has 0 aromatic heterocycles. The maximum absolute atomic E-state index is 13.9. The topological polar surface area (TPSA) is 86.8 Å². The summed E-state index contributed by atoms with van der Waals surface area (Å²) in [5, 5.41) is 3.33. The van der Waals surface area contributed by atoms with E-state index < -0.39 is 28.5 Å². The molecule has 1 atom stereocenters. The highest BCUT2D eigenvalue weighted by Crippen LogP contribution is 2.21. The van der Waals surface area contributed by atoms with Crippen LogP contribution in [0.25, 0.3) is 0 Å². The van der Waals surface area contributed by atoms with Gasteiger partial charge in [-0.25, -0.2) is 8.42 Å². The summed E-state index contributed by atoms with van der Waals surface area (Å²) in [5.41, 5.74) is 2.94. The van der Waals surface area contributed by atoms with E-state index in [-0.39, 0.29) is 18.9 Å². The zero-order valence-electron chi connectivity index (χ0n) is 21.2. The van der Waals surface area contributed by atoms with Gasteiger partial charge in [0.1, 0.15) is 12.6 Å². The molecule has 0 aliphatic heterocycles. The zero-order chi connectivity index (χ0) is 27.0. The van der Waals surface area contributed by atoms with Gasteiger partial charge in [-0.1, -0.05) is 71.8 Å². The molecule has 3 aromatic rings. The van der Waals surface area contributed by atoms with Gasteiger partial charge in [0.25, 0.3) is 0 Å². The van der Waals surface area contributed by atoms with Crippen molar-refractivity contribution in [2.24, 2.45) is 0 Å². The lowest BCUT2D eigenvalue weighted by atomic mass is 10.0. The summed E-state index contributed by atoms with van der Waals surface area (Å²) in [6, 6.07) is 22.5. The van der Waals surface area contributed by atoms with Crippen molar-refractivity contribution in [1.82, 2.24) is 10.2 Å². The Balaban J connectivity index is 2.03. The normalized spacial score (nSPS) is 12.0. The van der Waals surface area contributed by atoms with Gasteiger partial charge in [0.05, 0.1) is 11.9 Å². The molecule has 7 nitrogen and oxygen atoms in total. The van der Waals surface area contributed by atoms with Gasteiger partial charge in [-0.15, -0.1) is 0 Å². The number of nitrogens with one attached hydrogen (secondary N) is 1. The molecular weight excluding hydrogens is 510 g/mol. The van der Waals surface area contributed by atoms with E-state index in [0.29, 0.717) is 17.3 Å². The number of hydrogen-bond acceptors (Lipinski definition) is 4. The number of carbonyl (C=O) groups excluding carboxylic acids is 2. The predicted octanol–water partition coefficient (Wildman–Crippen LogP) is 4.19. The first-order valence-electron chi connectivity index (χ1n) is 12.0. The number of carbonyl (C=O) groups is 2. The van der Waals surface area contributed by atoms with Crippen molar-refractivity contribution in [3.8, 4) is 0 Å². The third-order valence-electron chi connectivity index (χ3n) is 5.87. The van der Waals surface area contributed by atoms with E-state index in [1.54, 1.807) is 42.5 Å². The maximum atomic E-state index is 13.9. The van der Waals surface area contributed by atoms with Crippen LogP contribution in [0.1, 0.15) is 23.6 Å². The summed E-state index contributed by atoms with van der Waals surface area (Å²) in [6.07, 6.45) is 1.33. The van der Waals surface area contributed by atoms with Gasteiger partial charge < -0.3 is 10.2 Å². The first-order chi connectivity index (χ1) is 17.6. The summed E-state index contributed by atoms with van der Waals surface area (Å²) < 4.78 is 26.5. The minimum absolute atomic E-state index is 0.0829. The SMILES string of the molecule is CCNC(=O)[C@H](Cc1ccccc1)N(Cc1cccc(Cl)c1)C(=O)CN(c1ccc(C)cc1)S(C)(=O)=O. The summed E-state index contributed by atoms with van der Waals surface area (Å²) in [6.45, 7) is 3.73. The highest BCUT2D eigenvalue weighted by Gasteiger charge is 2.32. The molecule has 0 radical (unpaired) electrons. The first-order valence-corrected chi connectivity index (χ1v) is 14.2. The number of likely N-dealkylation sites (N-methyl/N-ethyl adjacent to an activating group) is 1. The number of halogens is 1. The Kier molecular flexibility index (Phi) is 9.72. The molecule has 0 spiro atoms. The molecule has 0 aliphatic rings. The van der Waals surface area contributed by atoms with Gasteiger partial charge in [-0.2, -0.15) is 0 Å². The fourth-order valence-corrected chi connectivity index (χ4v) is 5.07. The standard InChI is InChI=1S/C28H32ClN3O4S/c1-4-30-28(34)26(18-22-9-6-5-7-10-22)31(19-23-11-8-12-24(29)17-23)27(33)20-32(37(3,35)36)25-15-13-21(2)14-16-25/h5-17,26H,4,18-20H2,1-3H3,(H,30,34)/t26-/m0/s1. The summed E-state index contributed by atoms with van der Waals surface area (Å²) >= 11 is 6.20. The summed E-state index contributed by atoms with van der Waals surface area (Å²) in [7, 11) is -3.79. The molecule has 9 heteroatoms. The first kappa shape index (κ1) is 28.2. The van der Waals surface area contributed by atoms with Gasteiger partial charge >= 0.3 is 0 Å². The van der Waals surface area contributed by atoms with Crippen LogP contribution in [0.15, 0.2) is 78.9 Å². The van der Waals surface area contributed by atoms with E-state index in [2.05, 4.69) is 5.32 Å². The lowest BCUT2D eigenvalue weighted by Crippen LogP contribution is -2.53. The monoisotopic (exact) mass is 541 g/mol. The van der Waals surface area contributed by atoms with E-state index in [0.717, 1.165) is 27.3 Å². The third kappa shape index (κ3) is 8.06. The molecule has 0 unspecified atom stereocenters. The summed E-state index contributed by atoms with van der Waals surface area (Å²) in [4.78, 5) is 28.6. The Bertz CT molecular complexity index is 1310. The Hall–Kier alpha value is -3.36. The molecule has 37 heavy (non-hydrogen) atoms. The minimum atomic E-state index is -3.79. The van der Waals surface area contributed by atoms with Crippen molar-refractivity contribution >= 4 is 39.1 Å².